The van der Waals surface area contributed by atoms with Crippen molar-refractivity contribution in [2.24, 2.45) is 23.7 Å². The molecule has 0 aromatic carbocycles. The third-order valence-electron chi connectivity index (χ3n) is 11.9. The van der Waals surface area contributed by atoms with Gasteiger partial charge in [0.15, 0.2) is 0 Å². The van der Waals surface area contributed by atoms with Crippen molar-refractivity contribution in [2.75, 3.05) is 157 Å². The second-order valence-electron chi connectivity index (χ2n) is 18.0. The molecule has 12 N–H and O–H groups in total. The highest BCUT2D eigenvalue weighted by atomic mass is 14.9. The fraction of sp³-hybridized carbons (Fsp3) is 0.961. The average molecular weight is 896 g/mol. The molecule has 378 valence electrons. The van der Waals surface area contributed by atoms with Crippen molar-refractivity contribution < 1.29 is 0 Å². The largest absolute Gasteiger partial charge is 0.317 e. The molecule has 0 aliphatic heterocycles. The van der Waals surface area contributed by atoms with E-state index in [2.05, 4.69) is 117 Å². The van der Waals surface area contributed by atoms with Crippen LogP contribution < -0.4 is 63.8 Å². The second kappa shape index (κ2) is 53.9. The van der Waals surface area contributed by atoms with Crippen molar-refractivity contribution in [3.63, 3.8) is 0 Å². The van der Waals surface area contributed by atoms with Crippen molar-refractivity contribution in [3.8, 4) is 0 Å². The number of rotatable bonds is 49. The van der Waals surface area contributed by atoms with Crippen LogP contribution in [0.1, 0.15) is 138 Å². The maximum absolute atomic E-state index is 3.65. The van der Waals surface area contributed by atoms with Crippen molar-refractivity contribution in [3.05, 3.63) is 12.2 Å². The Hall–Kier alpha value is -0.740. The molecule has 12 nitrogen and oxygen atoms in total. The molecule has 0 saturated heterocycles. The summed E-state index contributed by atoms with van der Waals surface area (Å²) < 4.78 is 0. The predicted molar refractivity (Wildman–Crippen MR) is 281 cm³/mol. The summed E-state index contributed by atoms with van der Waals surface area (Å²) in [6.07, 6.45) is 24.1. The molecule has 2 saturated carbocycles. The molecule has 4 atom stereocenters. The summed E-state index contributed by atoms with van der Waals surface area (Å²) in [7, 11) is 0. The Bertz CT molecular complexity index is 828. The van der Waals surface area contributed by atoms with Crippen LogP contribution in [-0.2, 0) is 0 Å². The number of hydrogen-bond acceptors (Lipinski definition) is 12. The van der Waals surface area contributed by atoms with Crippen LogP contribution in [0.25, 0.3) is 0 Å². The highest BCUT2D eigenvalue weighted by Crippen LogP contribution is 2.37. The molecule has 63 heavy (non-hydrogen) atoms. The van der Waals surface area contributed by atoms with Crippen molar-refractivity contribution in [2.45, 2.75) is 138 Å². The summed E-state index contributed by atoms with van der Waals surface area (Å²) >= 11 is 0. The zero-order valence-corrected chi connectivity index (χ0v) is 43.0. The first-order valence-electron chi connectivity index (χ1n) is 27.3. The van der Waals surface area contributed by atoms with Crippen molar-refractivity contribution >= 4 is 0 Å². The van der Waals surface area contributed by atoms with Gasteiger partial charge in [0.05, 0.1) is 0 Å². The van der Waals surface area contributed by atoms with Gasteiger partial charge in [0, 0.05) is 13.1 Å². The summed E-state index contributed by atoms with van der Waals surface area (Å²) in [6.45, 7) is 40.4. The van der Waals surface area contributed by atoms with Crippen LogP contribution in [0.3, 0.4) is 0 Å². The first kappa shape index (κ1) is 62.3. The average Bonchev–Trinajstić information content (AvgIpc) is 4.23. The molecule has 2 aliphatic rings. The molecular weight excluding hydrogens is 781 g/mol. The van der Waals surface area contributed by atoms with E-state index in [1.165, 1.54) is 181 Å². The number of unbranched alkanes of at least 4 members (excludes halogenated alkanes) is 6. The molecule has 0 aromatic heterocycles. The Morgan fingerprint density at radius 2 is 0.508 bits per heavy atom. The van der Waals surface area contributed by atoms with Gasteiger partial charge in [-0.25, -0.2) is 0 Å². The lowest BCUT2D eigenvalue weighted by Crippen LogP contribution is -2.24. The first-order valence-corrected chi connectivity index (χ1v) is 27.3. The Kier molecular flexibility index (Phi) is 53.2. The van der Waals surface area contributed by atoms with E-state index in [0.29, 0.717) is 0 Å². The molecule has 0 radical (unpaired) electrons. The predicted octanol–water partition coefficient (Wildman–Crippen LogP) is 5.05. The van der Waals surface area contributed by atoms with E-state index in [1.807, 2.05) is 0 Å². The van der Waals surface area contributed by atoms with E-state index in [4.69, 9.17) is 0 Å². The summed E-state index contributed by atoms with van der Waals surface area (Å²) in [4.78, 5) is 0. The molecule has 0 amide bonds. The molecule has 2 fully saturated rings. The van der Waals surface area contributed by atoms with Crippen LogP contribution in [0, 0.1) is 23.7 Å². The third kappa shape index (κ3) is 50.5. The van der Waals surface area contributed by atoms with E-state index in [1.54, 1.807) is 0 Å². The Morgan fingerprint density at radius 3 is 0.794 bits per heavy atom. The molecule has 0 aromatic rings. The molecule has 2 aliphatic carbocycles. The molecule has 0 bridgehead atoms. The molecule has 12 heteroatoms. The third-order valence-corrected chi connectivity index (χ3v) is 11.9. The van der Waals surface area contributed by atoms with Crippen LogP contribution in [0.15, 0.2) is 12.2 Å². The monoisotopic (exact) mass is 895 g/mol. The minimum atomic E-state index is 0.937. The Morgan fingerprint density at radius 1 is 0.270 bits per heavy atom. The zero-order valence-electron chi connectivity index (χ0n) is 43.0. The highest BCUT2D eigenvalue weighted by Gasteiger charge is 2.36. The summed E-state index contributed by atoms with van der Waals surface area (Å²) in [5.74, 6) is 3.75. The SMILES string of the molecule is CCCCCNCCCCNCC1CC1CNCCCCNCC.CCNCCCCNCC1CC1CNCCCCNCC.CCNCCCNC/C=C\CNCCCNCC. The van der Waals surface area contributed by atoms with Gasteiger partial charge in [-0.15, -0.1) is 0 Å². The van der Waals surface area contributed by atoms with Crippen LogP contribution in [-0.4, -0.2) is 157 Å². The van der Waals surface area contributed by atoms with E-state index in [-0.39, 0.29) is 0 Å². The highest BCUT2D eigenvalue weighted by molar-refractivity contribution is 4.90. The van der Waals surface area contributed by atoms with E-state index in [9.17, 15) is 0 Å². The maximum atomic E-state index is 3.65. The van der Waals surface area contributed by atoms with Gasteiger partial charge in [0.2, 0.25) is 0 Å². The normalized spacial score (nSPS) is 17.7. The zero-order chi connectivity index (χ0) is 45.8. The summed E-state index contributed by atoms with van der Waals surface area (Å²) in [5, 5.41) is 41.6. The van der Waals surface area contributed by atoms with Gasteiger partial charge < -0.3 is 63.8 Å². The van der Waals surface area contributed by atoms with Crippen molar-refractivity contribution in [1.82, 2.24) is 63.8 Å². The standard InChI is InChI=1S/C20H44N4.C17H38N4.C14H32N4/c1-3-5-6-12-22-13-8-10-15-24-18-20-16-19(20)17-23-14-9-7-11-21-4-2;1-3-18-9-5-7-11-20-14-16-13-17(16)15-21-12-8-6-10-19-4-2;1-3-15-11-7-13-17-9-5-6-10-18-14-8-12-16-4-2/h19-24H,3-18H2,1-2H3;16-21H,3-15H2,1-2H3;5-6,15-18H,3-4,7-14H2,1-2H3/b;;6-5-. The lowest BCUT2D eigenvalue weighted by atomic mass is 10.2. The fourth-order valence-corrected chi connectivity index (χ4v) is 7.49. The Balaban J connectivity index is 0.000000926. The van der Waals surface area contributed by atoms with Crippen molar-refractivity contribution in [1.29, 1.82) is 0 Å². The maximum Gasteiger partial charge on any atom is 0.0135 e. The second-order valence-corrected chi connectivity index (χ2v) is 18.0. The molecular formula is C51H114N12. The van der Waals surface area contributed by atoms with Gasteiger partial charge in [0.25, 0.3) is 0 Å². The molecule has 4 unspecified atom stereocenters. The van der Waals surface area contributed by atoms with Gasteiger partial charge in [-0.05, 0) is 251 Å². The number of nitrogens with one attached hydrogen (secondary N) is 12. The molecule has 2 rings (SSSR count). The minimum absolute atomic E-state index is 0.937. The molecule has 0 heterocycles. The van der Waals surface area contributed by atoms with Gasteiger partial charge in [-0.2, -0.15) is 0 Å². The fourth-order valence-electron chi connectivity index (χ4n) is 7.49. The van der Waals surface area contributed by atoms with E-state index < -0.39 is 0 Å². The van der Waals surface area contributed by atoms with Gasteiger partial charge in [0.1, 0.15) is 0 Å². The summed E-state index contributed by atoms with van der Waals surface area (Å²) in [5.41, 5.74) is 0. The molecule has 0 spiro atoms. The van der Waals surface area contributed by atoms with Crippen LogP contribution in [0.4, 0.5) is 0 Å². The van der Waals surface area contributed by atoms with E-state index >= 15 is 0 Å². The van der Waals surface area contributed by atoms with Crippen LogP contribution in [0.2, 0.25) is 0 Å². The van der Waals surface area contributed by atoms with E-state index in [0.717, 1.165) is 95.7 Å². The smallest absolute Gasteiger partial charge is 0.0135 e. The summed E-state index contributed by atoms with van der Waals surface area (Å²) in [6, 6.07) is 0. The van der Waals surface area contributed by atoms with Gasteiger partial charge >= 0.3 is 0 Å². The Labute approximate surface area is 393 Å². The lowest BCUT2D eigenvalue weighted by molar-refractivity contribution is 0.527. The van der Waals surface area contributed by atoms with Crippen LogP contribution in [0.5, 0.6) is 0 Å². The quantitative estimate of drug-likeness (QED) is 0.0294. The number of hydrogen-bond donors (Lipinski definition) is 12. The topological polar surface area (TPSA) is 144 Å². The first-order chi connectivity index (χ1) is 31.2. The van der Waals surface area contributed by atoms with Gasteiger partial charge in [-0.1, -0.05) is 66.5 Å². The lowest BCUT2D eigenvalue weighted by Gasteiger charge is -2.07. The van der Waals surface area contributed by atoms with Gasteiger partial charge in [-0.3, -0.25) is 0 Å². The van der Waals surface area contributed by atoms with Crippen LogP contribution >= 0.6 is 0 Å². The minimum Gasteiger partial charge on any atom is -0.317 e.